The van der Waals surface area contributed by atoms with Gasteiger partial charge in [0.05, 0.1) is 17.3 Å². The van der Waals surface area contributed by atoms with E-state index in [2.05, 4.69) is 36.1 Å². The lowest BCUT2D eigenvalue weighted by Gasteiger charge is -2.37. The highest BCUT2D eigenvalue weighted by molar-refractivity contribution is 5.90. The largest absolute Gasteiger partial charge is 0.330 e. The van der Waals surface area contributed by atoms with Gasteiger partial charge in [-0.05, 0) is 43.1 Å². The summed E-state index contributed by atoms with van der Waals surface area (Å²) in [4.78, 5) is 43.5. The standard InChI is InChI=1S/C19H26N4O3/c1-11(24)21-13-9-15-16(20-10-13)22-18(26)23(17(15)25)14-7-5-12(6-8-14)19(2,3)4/h9-10,12,14H,5-8H2,1-4H3,(H,21,24)(H,20,22,26)/t12-,14-. The molecule has 2 aromatic heterocycles. The topological polar surface area (TPSA) is 96.8 Å². The van der Waals surface area contributed by atoms with Crippen LogP contribution in [0.15, 0.2) is 21.9 Å². The van der Waals surface area contributed by atoms with Crippen molar-refractivity contribution in [2.24, 2.45) is 11.3 Å². The lowest BCUT2D eigenvalue weighted by molar-refractivity contribution is -0.114. The van der Waals surface area contributed by atoms with Crippen LogP contribution >= 0.6 is 0 Å². The van der Waals surface area contributed by atoms with Crippen LogP contribution in [0, 0.1) is 11.3 Å². The third-order valence-electron chi connectivity index (χ3n) is 5.39. The van der Waals surface area contributed by atoms with Gasteiger partial charge in [-0.2, -0.15) is 0 Å². The van der Waals surface area contributed by atoms with Gasteiger partial charge in [0.2, 0.25) is 5.91 Å². The second-order valence-electron chi connectivity index (χ2n) is 8.28. The summed E-state index contributed by atoms with van der Waals surface area (Å²) in [7, 11) is 0. The number of carbonyl (C=O) groups excluding carboxylic acids is 1. The van der Waals surface area contributed by atoms with Gasteiger partial charge in [-0.3, -0.25) is 19.1 Å². The van der Waals surface area contributed by atoms with Crippen LogP contribution in [0.2, 0.25) is 0 Å². The summed E-state index contributed by atoms with van der Waals surface area (Å²) in [5.74, 6) is 0.360. The molecule has 140 valence electrons. The first kappa shape index (κ1) is 18.4. The number of nitrogens with one attached hydrogen (secondary N) is 2. The summed E-state index contributed by atoms with van der Waals surface area (Å²) in [5, 5.41) is 2.93. The van der Waals surface area contributed by atoms with Crippen molar-refractivity contribution in [3.8, 4) is 0 Å². The zero-order chi connectivity index (χ0) is 19.1. The Hall–Kier alpha value is -2.44. The predicted molar refractivity (Wildman–Crippen MR) is 101 cm³/mol. The summed E-state index contributed by atoms with van der Waals surface area (Å²) in [6, 6.07) is 1.47. The van der Waals surface area contributed by atoms with Crippen molar-refractivity contribution in [3.63, 3.8) is 0 Å². The van der Waals surface area contributed by atoms with Crippen LogP contribution < -0.4 is 16.6 Å². The number of aromatic amines is 1. The lowest BCUT2D eigenvalue weighted by atomic mass is 9.71. The van der Waals surface area contributed by atoms with Crippen LogP contribution in [-0.4, -0.2) is 20.4 Å². The molecule has 0 unspecified atom stereocenters. The number of anilines is 1. The first-order valence-corrected chi connectivity index (χ1v) is 9.09. The van der Waals surface area contributed by atoms with Crippen molar-refractivity contribution in [2.45, 2.75) is 59.4 Å². The van der Waals surface area contributed by atoms with Gasteiger partial charge in [0, 0.05) is 13.0 Å². The summed E-state index contributed by atoms with van der Waals surface area (Å²) < 4.78 is 1.33. The van der Waals surface area contributed by atoms with Crippen molar-refractivity contribution in [1.82, 2.24) is 14.5 Å². The monoisotopic (exact) mass is 358 g/mol. The number of carbonyl (C=O) groups is 1. The van der Waals surface area contributed by atoms with Gasteiger partial charge in [0.25, 0.3) is 5.56 Å². The number of amides is 1. The van der Waals surface area contributed by atoms with Gasteiger partial charge < -0.3 is 5.32 Å². The first-order valence-electron chi connectivity index (χ1n) is 9.09. The molecular weight excluding hydrogens is 332 g/mol. The summed E-state index contributed by atoms with van der Waals surface area (Å²) >= 11 is 0. The Kier molecular flexibility index (Phi) is 4.73. The average molecular weight is 358 g/mol. The summed E-state index contributed by atoms with van der Waals surface area (Å²) in [6.07, 6.45) is 5.06. The molecule has 3 rings (SSSR count). The second kappa shape index (κ2) is 6.70. The highest BCUT2D eigenvalue weighted by Crippen LogP contribution is 2.40. The van der Waals surface area contributed by atoms with Gasteiger partial charge in [0.15, 0.2) is 0 Å². The van der Waals surface area contributed by atoms with Gasteiger partial charge in [-0.25, -0.2) is 9.78 Å². The van der Waals surface area contributed by atoms with Crippen LogP contribution in [0.25, 0.3) is 11.0 Å². The number of pyridine rings is 1. The van der Waals surface area contributed by atoms with Gasteiger partial charge >= 0.3 is 5.69 Å². The molecule has 1 fully saturated rings. The SMILES string of the molecule is CC(=O)Nc1cnc2[nH]c(=O)n([C@H]3CC[C@H](C(C)(C)C)CC3)c(=O)c2c1. The zero-order valence-corrected chi connectivity index (χ0v) is 15.8. The number of aromatic nitrogens is 3. The van der Waals surface area contributed by atoms with Crippen LogP contribution in [-0.2, 0) is 4.79 Å². The number of nitrogens with zero attached hydrogens (tertiary/aromatic N) is 2. The molecule has 26 heavy (non-hydrogen) atoms. The van der Waals surface area contributed by atoms with E-state index in [0.717, 1.165) is 25.7 Å². The van der Waals surface area contributed by atoms with Crippen molar-refractivity contribution in [2.75, 3.05) is 5.32 Å². The van der Waals surface area contributed by atoms with Crippen molar-refractivity contribution >= 4 is 22.6 Å². The van der Waals surface area contributed by atoms with E-state index in [4.69, 9.17) is 0 Å². The van der Waals surface area contributed by atoms with Crippen molar-refractivity contribution < 1.29 is 4.79 Å². The Balaban J connectivity index is 1.97. The van der Waals surface area contributed by atoms with Crippen LogP contribution in [0.5, 0.6) is 0 Å². The van der Waals surface area contributed by atoms with E-state index in [0.29, 0.717) is 17.0 Å². The first-order chi connectivity index (χ1) is 12.2. The second-order valence-corrected chi connectivity index (χ2v) is 8.28. The molecule has 0 saturated heterocycles. The maximum atomic E-state index is 13.0. The Morgan fingerprint density at radius 3 is 2.46 bits per heavy atom. The highest BCUT2D eigenvalue weighted by Gasteiger charge is 2.31. The Bertz CT molecular complexity index is 944. The van der Waals surface area contributed by atoms with E-state index in [9.17, 15) is 14.4 Å². The molecule has 0 aliphatic heterocycles. The maximum absolute atomic E-state index is 13.0. The molecule has 1 aliphatic carbocycles. The molecule has 2 heterocycles. The fourth-order valence-corrected chi connectivity index (χ4v) is 3.91. The fourth-order valence-electron chi connectivity index (χ4n) is 3.91. The lowest BCUT2D eigenvalue weighted by Crippen LogP contribution is -2.40. The fraction of sp³-hybridized carbons (Fsp3) is 0.579. The minimum atomic E-state index is -0.415. The molecule has 7 nitrogen and oxygen atoms in total. The van der Waals surface area contributed by atoms with Gasteiger partial charge in [-0.1, -0.05) is 20.8 Å². The molecular formula is C19H26N4O3. The van der Waals surface area contributed by atoms with E-state index in [1.165, 1.54) is 17.7 Å². The minimum Gasteiger partial charge on any atom is -0.325 e. The molecule has 0 spiro atoms. The molecule has 0 atom stereocenters. The number of H-pyrrole nitrogens is 1. The molecule has 2 N–H and O–H groups in total. The molecule has 7 heteroatoms. The highest BCUT2D eigenvalue weighted by atomic mass is 16.2. The van der Waals surface area contributed by atoms with E-state index in [1.807, 2.05) is 0 Å². The van der Waals surface area contributed by atoms with E-state index < -0.39 is 5.69 Å². The van der Waals surface area contributed by atoms with Crippen LogP contribution in [0.3, 0.4) is 0 Å². The Morgan fingerprint density at radius 2 is 1.88 bits per heavy atom. The quantitative estimate of drug-likeness (QED) is 0.862. The Morgan fingerprint density at radius 1 is 1.23 bits per heavy atom. The van der Waals surface area contributed by atoms with E-state index >= 15 is 0 Å². The Labute approximate surface area is 151 Å². The van der Waals surface area contributed by atoms with Crippen LogP contribution in [0.4, 0.5) is 5.69 Å². The smallest absolute Gasteiger partial charge is 0.325 e. The molecule has 0 bridgehead atoms. The summed E-state index contributed by atoms with van der Waals surface area (Å²) in [5.41, 5.74) is 0.165. The number of hydrogen-bond acceptors (Lipinski definition) is 4. The van der Waals surface area contributed by atoms with Crippen LogP contribution in [0.1, 0.15) is 59.4 Å². The molecule has 2 aromatic rings. The summed E-state index contributed by atoms with van der Waals surface area (Å²) in [6.45, 7) is 8.11. The van der Waals surface area contributed by atoms with E-state index in [-0.39, 0.29) is 28.6 Å². The molecule has 0 radical (unpaired) electrons. The third-order valence-corrected chi connectivity index (χ3v) is 5.39. The van der Waals surface area contributed by atoms with Gasteiger partial charge in [-0.15, -0.1) is 0 Å². The van der Waals surface area contributed by atoms with Crippen molar-refractivity contribution in [1.29, 1.82) is 0 Å². The zero-order valence-electron chi connectivity index (χ0n) is 15.8. The molecule has 1 amide bonds. The molecule has 1 saturated carbocycles. The van der Waals surface area contributed by atoms with Crippen molar-refractivity contribution in [3.05, 3.63) is 33.1 Å². The minimum absolute atomic E-state index is 0.0985. The normalized spacial score (nSPS) is 20.9. The predicted octanol–water partition coefficient (Wildman–Crippen LogP) is 2.82. The molecule has 0 aromatic carbocycles. The van der Waals surface area contributed by atoms with E-state index in [1.54, 1.807) is 6.07 Å². The number of fused-ring (bicyclic) bond motifs is 1. The number of rotatable bonds is 2. The maximum Gasteiger partial charge on any atom is 0.330 e. The number of hydrogen-bond donors (Lipinski definition) is 2. The average Bonchev–Trinajstić information content (AvgIpc) is 2.55. The third kappa shape index (κ3) is 3.57. The molecule has 1 aliphatic rings. The van der Waals surface area contributed by atoms with Gasteiger partial charge in [0.1, 0.15) is 5.65 Å².